The van der Waals surface area contributed by atoms with Crippen molar-refractivity contribution in [3.63, 3.8) is 0 Å². The molecular weight excluding hydrogens is 1300 g/mol. The van der Waals surface area contributed by atoms with Crippen LogP contribution in [0.3, 0.4) is 0 Å². The Labute approximate surface area is 588 Å². The summed E-state index contributed by atoms with van der Waals surface area (Å²) in [6.45, 7) is 16.3. The van der Waals surface area contributed by atoms with Crippen LogP contribution in [0.1, 0.15) is 117 Å². The van der Waals surface area contributed by atoms with E-state index in [1.807, 2.05) is 89.5 Å². The topological polar surface area (TPSA) is 222 Å². The third-order valence-electron chi connectivity index (χ3n) is 19.1. The molecule has 0 N–H and O–H groups in total. The zero-order valence-corrected chi connectivity index (χ0v) is 59.0. The van der Waals surface area contributed by atoms with Crippen molar-refractivity contribution >= 4 is 67.5 Å². The maximum absolute atomic E-state index is 5.60. The normalized spacial score (nSPS) is 16.8. The van der Waals surface area contributed by atoms with Gasteiger partial charge in [0, 0.05) is 90.7 Å². The summed E-state index contributed by atoms with van der Waals surface area (Å²) in [5.41, 5.74) is 17.7. The molecule has 2 atom stereocenters. The van der Waals surface area contributed by atoms with E-state index in [0.717, 1.165) is 168 Å². The number of hydrogen-bond donors (Lipinski definition) is 0. The second kappa shape index (κ2) is 27.6. The SMILES string of the molecule is C.COc1nc(-c2csc(N3CC(C)Cn4nc5c(c43)CCCC5)n2)ccc1-n1cnc(C)c1.COc1nc(-c2csc(N3CC(C)Cn4nc5c(c43)CCCC5)n2)ccc1-n1cnc(C)c1.COc1nc(-c2nc(N3CCCn4nc5c(c43)CCCC5)cs2)ccc1-n1cnc(C)c1. The molecule has 15 heterocycles. The predicted octanol–water partition coefficient (Wildman–Crippen LogP) is 14.1. The highest BCUT2D eigenvalue weighted by Crippen LogP contribution is 2.44. The van der Waals surface area contributed by atoms with Crippen molar-refractivity contribution in [2.75, 3.05) is 55.7 Å². The van der Waals surface area contributed by atoms with Gasteiger partial charge in [0.1, 0.15) is 62.4 Å². The lowest BCUT2D eigenvalue weighted by Crippen LogP contribution is -2.34. The number of anilines is 6. The third kappa shape index (κ3) is 12.6. The van der Waals surface area contributed by atoms with Crippen molar-refractivity contribution in [3.05, 3.63) is 141 Å². The number of imidazole rings is 3. The van der Waals surface area contributed by atoms with Gasteiger partial charge in [-0.05, 0) is 152 Å². The zero-order valence-electron chi connectivity index (χ0n) is 56.6. The molecule has 2 unspecified atom stereocenters. The number of nitrogens with zero attached hydrogens (tertiary/aromatic N) is 21. The summed E-state index contributed by atoms with van der Waals surface area (Å²) >= 11 is 4.95. The number of hydrogen-bond acceptors (Lipinski definition) is 21. The minimum absolute atomic E-state index is 0. The van der Waals surface area contributed by atoms with E-state index in [2.05, 4.69) is 73.7 Å². The first-order valence-corrected chi connectivity index (χ1v) is 36.7. The highest BCUT2D eigenvalue weighted by Gasteiger charge is 2.35. The Morgan fingerprint density at radius 2 is 0.808 bits per heavy atom. The number of aromatic nitrogens is 18. The molecule has 0 saturated carbocycles. The van der Waals surface area contributed by atoms with Crippen molar-refractivity contribution in [2.24, 2.45) is 11.8 Å². The van der Waals surface area contributed by atoms with Gasteiger partial charge in [0.15, 0.2) is 10.3 Å². The molecule has 0 aromatic carbocycles. The first kappa shape index (κ1) is 65.3. The number of pyridine rings is 3. The molecule has 24 nitrogen and oxygen atoms in total. The molecule has 0 bridgehead atoms. The number of fused-ring (bicyclic) bond motifs is 9. The Bertz CT molecular complexity index is 4680. The molecule has 0 radical (unpaired) electrons. The van der Waals surface area contributed by atoms with Gasteiger partial charge < -0.3 is 42.6 Å². The molecule has 0 spiro atoms. The fourth-order valence-corrected chi connectivity index (χ4v) is 17.0. The molecule has 3 aliphatic heterocycles. The van der Waals surface area contributed by atoms with E-state index in [4.69, 9.17) is 59.4 Å². The Morgan fingerprint density at radius 3 is 1.23 bits per heavy atom. The fourth-order valence-electron chi connectivity index (χ4n) is 14.6. The first-order chi connectivity index (χ1) is 47.9. The second-order valence-corrected chi connectivity index (χ2v) is 28.9. The number of ether oxygens (including phenoxy) is 3. The van der Waals surface area contributed by atoms with Crippen molar-refractivity contribution in [1.29, 1.82) is 0 Å². The van der Waals surface area contributed by atoms with Gasteiger partial charge in [-0.1, -0.05) is 21.3 Å². The summed E-state index contributed by atoms with van der Waals surface area (Å²) < 4.78 is 29.2. The van der Waals surface area contributed by atoms with Crippen LogP contribution < -0.4 is 28.9 Å². The lowest BCUT2D eigenvalue weighted by Gasteiger charge is -2.32. The molecule has 12 aromatic heterocycles. The van der Waals surface area contributed by atoms with Crippen LogP contribution in [0.4, 0.5) is 33.5 Å². The van der Waals surface area contributed by atoms with Crippen LogP contribution in [-0.4, -0.2) is 129 Å². The van der Waals surface area contributed by atoms with Gasteiger partial charge in [-0.3, -0.25) is 0 Å². The second-order valence-electron chi connectivity index (χ2n) is 26.4. The highest BCUT2D eigenvalue weighted by atomic mass is 32.1. The molecular formula is C72H83N21O3S3. The zero-order chi connectivity index (χ0) is 66.7. The molecule has 18 rings (SSSR count). The van der Waals surface area contributed by atoms with Crippen molar-refractivity contribution < 1.29 is 14.2 Å². The maximum atomic E-state index is 5.60. The Balaban J connectivity index is 0.000000120. The van der Waals surface area contributed by atoms with Gasteiger partial charge in [-0.25, -0.2) is 58.9 Å². The lowest BCUT2D eigenvalue weighted by atomic mass is 9.96. The number of rotatable bonds is 12. The van der Waals surface area contributed by atoms with Gasteiger partial charge in [-0.2, -0.15) is 15.3 Å². The van der Waals surface area contributed by atoms with E-state index in [0.29, 0.717) is 29.5 Å². The third-order valence-corrected chi connectivity index (χ3v) is 21.7. The van der Waals surface area contributed by atoms with Crippen LogP contribution in [0.5, 0.6) is 17.6 Å². The summed E-state index contributed by atoms with van der Waals surface area (Å²) in [4.78, 5) is 49.3. The molecule has 0 amide bonds. The molecule has 512 valence electrons. The minimum Gasteiger partial charge on any atom is -0.479 e. The molecule has 0 fully saturated rings. The van der Waals surface area contributed by atoms with Crippen molar-refractivity contribution in [3.8, 4) is 68.2 Å². The van der Waals surface area contributed by atoms with E-state index < -0.39 is 0 Å². The Hall–Kier alpha value is -9.60. The van der Waals surface area contributed by atoms with E-state index in [-0.39, 0.29) is 7.43 Å². The van der Waals surface area contributed by atoms with E-state index in [1.54, 1.807) is 74.3 Å². The Kier molecular flexibility index (Phi) is 18.2. The van der Waals surface area contributed by atoms with E-state index >= 15 is 0 Å². The van der Waals surface area contributed by atoms with Crippen molar-refractivity contribution in [1.82, 2.24) is 87.9 Å². The summed E-state index contributed by atoms with van der Waals surface area (Å²) in [5.74, 6) is 7.43. The van der Waals surface area contributed by atoms with Gasteiger partial charge in [-0.15, -0.1) is 34.0 Å². The van der Waals surface area contributed by atoms with Gasteiger partial charge in [0.25, 0.3) is 0 Å². The molecule has 3 aliphatic carbocycles. The van der Waals surface area contributed by atoms with Gasteiger partial charge in [0.05, 0.1) is 85.9 Å². The largest absolute Gasteiger partial charge is 0.479 e. The average molecular weight is 1390 g/mol. The molecule has 0 saturated heterocycles. The predicted molar refractivity (Wildman–Crippen MR) is 389 cm³/mol. The quantitative estimate of drug-likeness (QED) is 0.111. The number of methoxy groups -OCH3 is 3. The highest BCUT2D eigenvalue weighted by molar-refractivity contribution is 7.14. The monoisotopic (exact) mass is 1390 g/mol. The summed E-state index contributed by atoms with van der Waals surface area (Å²) in [6, 6.07) is 12.0. The maximum Gasteiger partial charge on any atom is 0.238 e. The van der Waals surface area contributed by atoms with Crippen LogP contribution in [0, 0.1) is 32.6 Å². The van der Waals surface area contributed by atoms with Crippen molar-refractivity contribution in [2.45, 2.75) is 145 Å². The number of thiazole rings is 3. The number of aryl methyl sites for hydroxylation is 7. The van der Waals surface area contributed by atoms with Gasteiger partial charge in [0.2, 0.25) is 17.6 Å². The van der Waals surface area contributed by atoms with Crippen LogP contribution in [0.25, 0.3) is 50.5 Å². The smallest absolute Gasteiger partial charge is 0.238 e. The van der Waals surface area contributed by atoms with E-state index in [1.165, 1.54) is 89.8 Å². The molecule has 27 heteroatoms. The fraction of sp³-hybridized carbons (Fsp3) is 0.417. The standard InChI is InChI=1S/2C24H27N7OS.C23H25N7OS.CH4/c2*1-15-10-30(23-17-6-4-5-7-18(17)28-31(23)11-15)24-27-20(13-33-24)19-8-9-21(22(26-19)32-3)29-12-16(2)25-14-29;1-15-12-28(14-24-15)19-9-8-18(25-21(19)31-2)22-26-20(13-32-22)29-10-5-11-30-23(29)16-6-3-4-7-17(16)27-30;/h2*8-9,12-15H,4-7,10-11H2,1-3H3;8-9,12-14H,3-7,10-11H2,1-2H3;1H4. The van der Waals surface area contributed by atoms with Crippen LogP contribution in [0.15, 0.2) is 90.1 Å². The van der Waals surface area contributed by atoms with Crippen LogP contribution >= 0.6 is 34.0 Å². The van der Waals surface area contributed by atoms with Gasteiger partial charge >= 0.3 is 0 Å². The lowest BCUT2D eigenvalue weighted by molar-refractivity contribution is 0.396. The molecule has 12 aromatic rings. The first-order valence-electron chi connectivity index (χ1n) is 34.1. The molecule has 99 heavy (non-hydrogen) atoms. The summed E-state index contributed by atoms with van der Waals surface area (Å²) in [7, 11) is 4.93. The summed E-state index contributed by atoms with van der Waals surface area (Å²) in [6.07, 6.45) is 26.3. The molecule has 6 aliphatic rings. The minimum atomic E-state index is 0. The Morgan fingerprint density at radius 1 is 0.404 bits per heavy atom. The van der Waals surface area contributed by atoms with Crippen LogP contribution in [-0.2, 0) is 58.2 Å². The summed E-state index contributed by atoms with van der Waals surface area (Å²) in [5, 5.41) is 24.0. The van der Waals surface area contributed by atoms with E-state index in [9.17, 15) is 0 Å². The average Bonchev–Trinajstić information content (AvgIpc) is 1.63. The van der Waals surface area contributed by atoms with Crippen LogP contribution in [0.2, 0.25) is 0 Å².